The normalized spacial score (nSPS) is 15.2. The summed E-state index contributed by atoms with van der Waals surface area (Å²) in [4.78, 5) is 17.3. The van der Waals surface area contributed by atoms with Gasteiger partial charge >= 0.3 is 0 Å². The van der Waals surface area contributed by atoms with Gasteiger partial charge in [0, 0.05) is 0 Å². The highest BCUT2D eigenvalue weighted by Gasteiger charge is 2.23. The number of carbonyl (C=O) groups is 1. The van der Waals surface area contributed by atoms with Crippen LogP contribution in [0, 0.1) is 6.92 Å². The van der Waals surface area contributed by atoms with Crippen LogP contribution in [-0.4, -0.2) is 31.2 Å². The van der Waals surface area contributed by atoms with E-state index >= 15 is 0 Å². The number of carbonyl (C=O) groups excluding carboxylic acids is 1. The number of aryl methyl sites for hydroxylation is 1. The second-order valence-corrected chi connectivity index (χ2v) is 3.80. The van der Waals surface area contributed by atoms with E-state index in [0.717, 1.165) is 12.0 Å². The summed E-state index contributed by atoms with van der Waals surface area (Å²) in [5.74, 6) is 0.462. The second kappa shape index (κ2) is 4.53. The molecule has 1 aromatic rings. The van der Waals surface area contributed by atoms with E-state index in [0.29, 0.717) is 24.5 Å². The lowest BCUT2D eigenvalue weighted by Gasteiger charge is -2.16. The molecule has 1 fully saturated rings. The lowest BCUT2D eigenvalue weighted by Crippen LogP contribution is -2.26. The van der Waals surface area contributed by atoms with E-state index in [-0.39, 0.29) is 5.91 Å². The van der Waals surface area contributed by atoms with Gasteiger partial charge in [0.25, 0.3) is 5.91 Å². The second-order valence-electron chi connectivity index (χ2n) is 3.80. The summed E-state index contributed by atoms with van der Waals surface area (Å²) >= 11 is 0. The highest BCUT2D eigenvalue weighted by Crippen LogP contribution is 2.22. The van der Waals surface area contributed by atoms with Gasteiger partial charge < -0.3 is 4.74 Å². The molecular weight excluding hydrogens is 206 g/mol. The fourth-order valence-electron chi connectivity index (χ4n) is 1.73. The van der Waals surface area contributed by atoms with Gasteiger partial charge in [-0.25, -0.2) is 5.06 Å². The number of hydrogen-bond acceptors (Lipinski definition) is 3. The van der Waals surface area contributed by atoms with E-state index in [4.69, 9.17) is 9.57 Å². The number of rotatable bonds is 2. The number of ether oxygens (including phenoxy) is 1. The molecule has 2 rings (SSSR count). The number of nitrogens with zero attached hydrogens (tertiary/aromatic N) is 1. The van der Waals surface area contributed by atoms with Crippen molar-refractivity contribution in [3.05, 3.63) is 29.3 Å². The van der Waals surface area contributed by atoms with Crippen LogP contribution in [0.2, 0.25) is 0 Å². The molecule has 0 radical (unpaired) electrons. The maximum atomic E-state index is 12.1. The highest BCUT2D eigenvalue weighted by molar-refractivity contribution is 5.96. The largest absolute Gasteiger partial charge is 0.496 e. The van der Waals surface area contributed by atoms with Gasteiger partial charge in [0.15, 0.2) is 0 Å². The first-order chi connectivity index (χ1) is 7.72. The Labute approximate surface area is 94.7 Å². The van der Waals surface area contributed by atoms with Gasteiger partial charge in [0.05, 0.1) is 25.8 Å². The molecule has 1 aliphatic rings. The zero-order valence-electron chi connectivity index (χ0n) is 9.53. The van der Waals surface area contributed by atoms with E-state index in [1.807, 2.05) is 19.1 Å². The van der Waals surface area contributed by atoms with Crippen molar-refractivity contribution in [1.29, 1.82) is 0 Å². The molecule has 4 nitrogen and oxygen atoms in total. The average Bonchev–Trinajstić information content (AvgIpc) is 2.81. The zero-order valence-corrected chi connectivity index (χ0v) is 9.53. The topological polar surface area (TPSA) is 38.8 Å². The Balaban J connectivity index is 2.30. The van der Waals surface area contributed by atoms with Crippen LogP contribution < -0.4 is 4.74 Å². The van der Waals surface area contributed by atoms with Crippen LogP contribution in [0.25, 0.3) is 0 Å². The predicted octanol–water partition coefficient (Wildman–Crippen LogP) is 1.78. The first-order valence-corrected chi connectivity index (χ1v) is 5.32. The number of methoxy groups -OCH3 is 1. The molecule has 86 valence electrons. The number of hydroxylamine groups is 2. The molecule has 0 N–H and O–H groups in total. The fraction of sp³-hybridized carbons (Fsp3) is 0.417. The van der Waals surface area contributed by atoms with Crippen molar-refractivity contribution < 1.29 is 14.4 Å². The molecule has 1 amide bonds. The molecule has 0 aromatic heterocycles. The molecule has 1 saturated heterocycles. The maximum Gasteiger partial charge on any atom is 0.281 e. The summed E-state index contributed by atoms with van der Waals surface area (Å²) in [6.07, 6.45) is 0.889. The molecule has 0 atom stereocenters. The lowest BCUT2D eigenvalue weighted by atomic mass is 10.1. The first kappa shape index (κ1) is 11.0. The van der Waals surface area contributed by atoms with Gasteiger partial charge in [-0.05, 0) is 25.5 Å². The highest BCUT2D eigenvalue weighted by atomic mass is 16.7. The van der Waals surface area contributed by atoms with Crippen LogP contribution in [0.4, 0.5) is 0 Å². The van der Waals surface area contributed by atoms with Crippen LogP contribution in [0.3, 0.4) is 0 Å². The minimum absolute atomic E-state index is 0.127. The Bertz CT molecular complexity index is 397. The molecule has 0 bridgehead atoms. The smallest absolute Gasteiger partial charge is 0.281 e. The van der Waals surface area contributed by atoms with Crippen LogP contribution in [0.15, 0.2) is 18.2 Å². The number of benzene rings is 1. The molecule has 4 heteroatoms. The Morgan fingerprint density at radius 2 is 2.31 bits per heavy atom. The van der Waals surface area contributed by atoms with Gasteiger partial charge in [-0.1, -0.05) is 11.6 Å². The molecule has 0 saturated carbocycles. The minimum atomic E-state index is -0.127. The first-order valence-electron chi connectivity index (χ1n) is 5.32. The van der Waals surface area contributed by atoms with Gasteiger partial charge in [0.2, 0.25) is 0 Å². The van der Waals surface area contributed by atoms with Crippen LogP contribution in [-0.2, 0) is 4.84 Å². The molecule has 1 aromatic carbocycles. The molecule has 16 heavy (non-hydrogen) atoms. The monoisotopic (exact) mass is 221 g/mol. The Kier molecular flexibility index (Phi) is 3.10. The fourth-order valence-corrected chi connectivity index (χ4v) is 1.73. The molecular formula is C12H15NO3. The van der Waals surface area contributed by atoms with Crippen molar-refractivity contribution in [2.24, 2.45) is 0 Å². The molecule has 0 aliphatic carbocycles. The van der Waals surface area contributed by atoms with Gasteiger partial charge in [-0.3, -0.25) is 9.63 Å². The van der Waals surface area contributed by atoms with E-state index in [2.05, 4.69) is 0 Å². The zero-order chi connectivity index (χ0) is 11.5. The summed E-state index contributed by atoms with van der Waals surface area (Å²) in [6.45, 7) is 3.21. The van der Waals surface area contributed by atoms with Gasteiger partial charge in [-0.2, -0.15) is 0 Å². The predicted molar refractivity (Wildman–Crippen MR) is 59.3 cm³/mol. The molecule has 1 heterocycles. The van der Waals surface area contributed by atoms with Crippen molar-refractivity contribution in [2.75, 3.05) is 20.3 Å². The van der Waals surface area contributed by atoms with Crippen molar-refractivity contribution >= 4 is 5.91 Å². The van der Waals surface area contributed by atoms with Crippen molar-refractivity contribution in [3.8, 4) is 5.75 Å². The lowest BCUT2D eigenvalue weighted by molar-refractivity contribution is -0.0769. The minimum Gasteiger partial charge on any atom is -0.496 e. The van der Waals surface area contributed by atoms with Crippen LogP contribution >= 0.6 is 0 Å². The van der Waals surface area contributed by atoms with Crippen molar-refractivity contribution in [2.45, 2.75) is 13.3 Å². The Hall–Kier alpha value is -1.55. The summed E-state index contributed by atoms with van der Waals surface area (Å²) in [5, 5.41) is 1.40. The summed E-state index contributed by atoms with van der Waals surface area (Å²) in [7, 11) is 1.56. The third kappa shape index (κ3) is 2.02. The Morgan fingerprint density at radius 1 is 1.50 bits per heavy atom. The summed E-state index contributed by atoms with van der Waals surface area (Å²) in [6, 6.07) is 5.54. The standard InChI is InChI=1S/C12H15NO3/c1-9-4-5-11(15-2)10(8-9)12(14)13-6-3-7-16-13/h4-5,8H,3,6-7H2,1-2H3. The van der Waals surface area contributed by atoms with E-state index in [1.54, 1.807) is 13.2 Å². The van der Waals surface area contributed by atoms with Crippen molar-refractivity contribution in [1.82, 2.24) is 5.06 Å². The SMILES string of the molecule is COc1ccc(C)cc1C(=O)N1CCCO1. The Morgan fingerprint density at radius 3 is 2.94 bits per heavy atom. The van der Waals surface area contributed by atoms with E-state index in [1.165, 1.54) is 5.06 Å². The van der Waals surface area contributed by atoms with Crippen molar-refractivity contribution in [3.63, 3.8) is 0 Å². The number of amides is 1. The molecule has 0 spiro atoms. The summed E-state index contributed by atoms with van der Waals surface area (Å²) < 4.78 is 5.18. The summed E-state index contributed by atoms with van der Waals surface area (Å²) in [5.41, 5.74) is 1.59. The van der Waals surface area contributed by atoms with Crippen LogP contribution in [0.5, 0.6) is 5.75 Å². The van der Waals surface area contributed by atoms with Gasteiger partial charge in [-0.15, -0.1) is 0 Å². The average molecular weight is 221 g/mol. The molecule has 1 aliphatic heterocycles. The quantitative estimate of drug-likeness (QED) is 0.764. The van der Waals surface area contributed by atoms with E-state index < -0.39 is 0 Å². The molecule has 0 unspecified atom stereocenters. The maximum absolute atomic E-state index is 12.1. The number of hydrogen-bond donors (Lipinski definition) is 0. The van der Waals surface area contributed by atoms with E-state index in [9.17, 15) is 4.79 Å². The third-order valence-electron chi connectivity index (χ3n) is 2.56. The van der Waals surface area contributed by atoms with Crippen LogP contribution in [0.1, 0.15) is 22.3 Å². The van der Waals surface area contributed by atoms with Gasteiger partial charge in [0.1, 0.15) is 5.75 Å². The third-order valence-corrected chi connectivity index (χ3v) is 2.56.